The number of unbranched alkanes of at least 4 members (excludes halogenated alkanes) is 21. The molecular formula is C47H85O14P. The summed E-state index contributed by atoms with van der Waals surface area (Å²) < 4.78 is 33.5. The van der Waals surface area contributed by atoms with Gasteiger partial charge in [0.2, 0.25) is 0 Å². The van der Waals surface area contributed by atoms with Gasteiger partial charge in [-0.2, -0.15) is 0 Å². The van der Waals surface area contributed by atoms with Gasteiger partial charge in [-0.15, -0.1) is 0 Å². The van der Waals surface area contributed by atoms with Crippen LogP contribution in [0.1, 0.15) is 187 Å². The monoisotopic (exact) mass is 905 g/mol. The molecule has 9 atom stereocenters. The minimum absolute atomic E-state index is 0.0516. The van der Waals surface area contributed by atoms with Crippen molar-refractivity contribution in [2.24, 2.45) is 0 Å². The Bertz CT molecular complexity index is 1250. The van der Waals surface area contributed by atoms with Gasteiger partial charge in [-0.1, -0.05) is 172 Å². The third-order valence-corrected chi connectivity index (χ3v) is 12.1. The highest BCUT2D eigenvalue weighted by atomic mass is 31.2. The summed E-state index contributed by atoms with van der Waals surface area (Å²) in [6.45, 7) is 3.08. The maximum absolute atomic E-state index is 12.8. The second-order valence-corrected chi connectivity index (χ2v) is 18.2. The van der Waals surface area contributed by atoms with E-state index in [1.54, 1.807) is 6.08 Å². The van der Waals surface area contributed by atoms with Gasteiger partial charge in [0, 0.05) is 12.8 Å². The van der Waals surface area contributed by atoms with Gasteiger partial charge in [0.15, 0.2) is 6.10 Å². The highest BCUT2D eigenvalue weighted by Gasteiger charge is 2.51. The summed E-state index contributed by atoms with van der Waals surface area (Å²) in [6.07, 6.45) is 25.2. The number of phosphoric ester groups is 1. The van der Waals surface area contributed by atoms with Gasteiger partial charge < -0.3 is 45.0 Å². The minimum atomic E-state index is -5.14. The van der Waals surface area contributed by atoms with Crippen LogP contribution in [-0.2, 0) is 32.7 Å². The third-order valence-electron chi connectivity index (χ3n) is 11.1. The van der Waals surface area contributed by atoms with Gasteiger partial charge in [-0.25, -0.2) is 4.57 Å². The Morgan fingerprint density at radius 3 is 1.56 bits per heavy atom. The van der Waals surface area contributed by atoms with E-state index in [1.165, 1.54) is 83.5 Å². The van der Waals surface area contributed by atoms with Gasteiger partial charge in [0.05, 0.1) is 12.7 Å². The van der Waals surface area contributed by atoms with Crippen molar-refractivity contribution in [3.05, 3.63) is 36.5 Å². The van der Waals surface area contributed by atoms with Crippen LogP contribution in [-0.4, -0.2) is 110 Å². The van der Waals surface area contributed by atoms with Crippen LogP contribution < -0.4 is 0 Å². The normalized spacial score (nSPS) is 22.7. The zero-order valence-electron chi connectivity index (χ0n) is 38.0. The Labute approximate surface area is 372 Å². The average Bonchev–Trinajstić information content (AvgIpc) is 3.25. The Morgan fingerprint density at radius 1 is 0.581 bits per heavy atom. The zero-order chi connectivity index (χ0) is 45.9. The van der Waals surface area contributed by atoms with Crippen LogP contribution in [0, 0.1) is 0 Å². The van der Waals surface area contributed by atoms with Crippen LogP contribution in [0.2, 0.25) is 0 Å². The maximum atomic E-state index is 12.8. The number of carbonyl (C=O) groups excluding carboxylic acids is 2. The van der Waals surface area contributed by atoms with Gasteiger partial charge in [-0.3, -0.25) is 18.6 Å². The molecule has 0 bridgehead atoms. The molecule has 1 aliphatic carbocycles. The zero-order valence-corrected chi connectivity index (χ0v) is 38.9. The molecule has 15 heteroatoms. The summed E-state index contributed by atoms with van der Waals surface area (Å²) in [7, 11) is -5.14. The number of carbonyl (C=O) groups is 2. The Kier molecular flexibility index (Phi) is 34.9. The number of ether oxygens (including phenoxy) is 2. The van der Waals surface area contributed by atoms with Crippen molar-refractivity contribution in [3.63, 3.8) is 0 Å². The van der Waals surface area contributed by atoms with E-state index < -0.39 is 81.8 Å². The fraction of sp³-hybridized carbons (Fsp3) is 0.830. The van der Waals surface area contributed by atoms with E-state index in [9.17, 15) is 49.7 Å². The van der Waals surface area contributed by atoms with Crippen molar-refractivity contribution in [1.82, 2.24) is 0 Å². The molecule has 0 spiro atoms. The molecule has 0 saturated heterocycles. The number of aliphatic hydroxyl groups is 6. The summed E-state index contributed by atoms with van der Waals surface area (Å²) in [5.41, 5.74) is 0. The van der Waals surface area contributed by atoms with Gasteiger partial charge >= 0.3 is 19.8 Å². The molecule has 0 aromatic rings. The van der Waals surface area contributed by atoms with Crippen molar-refractivity contribution in [3.8, 4) is 0 Å². The lowest BCUT2D eigenvalue weighted by atomic mass is 9.85. The number of rotatable bonds is 39. The molecule has 14 nitrogen and oxygen atoms in total. The standard InChI is InChI=1S/C47H85O14P/c1-3-5-7-8-9-10-11-12-13-14-15-16-17-20-23-26-30-34-40(49)58-36-39(37-59-62(56,57)61-47-45(54)43(52)42(51)44(53)46(47)55)60-41(50)35-31-27-24-21-18-19-22-25-29-33-38(48)32-28-6-4-2/h6,22,25,28-29,33,38-39,42-48,51-55H,3-5,7-21,23-24,26-27,30-32,34-37H2,1-2H3,(H,56,57)/b25-22+,28-6+,33-29+/t38?,39-,42?,43-,44+,45-,46-,47?/m1/s1. The summed E-state index contributed by atoms with van der Waals surface area (Å²) in [5.74, 6) is -1.15. The average molecular weight is 905 g/mol. The van der Waals surface area contributed by atoms with Crippen LogP contribution >= 0.6 is 7.82 Å². The maximum Gasteiger partial charge on any atom is 0.472 e. The molecule has 1 rings (SSSR count). The van der Waals surface area contributed by atoms with Crippen LogP contribution in [0.5, 0.6) is 0 Å². The molecule has 0 amide bonds. The first-order valence-electron chi connectivity index (χ1n) is 23.9. The summed E-state index contributed by atoms with van der Waals surface area (Å²) in [5, 5.41) is 60.1. The van der Waals surface area contributed by atoms with E-state index in [4.69, 9.17) is 18.5 Å². The topological polar surface area (TPSA) is 230 Å². The molecule has 1 aliphatic rings. The lowest BCUT2D eigenvalue weighted by Crippen LogP contribution is -2.64. The highest BCUT2D eigenvalue weighted by Crippen LogP contribution is 2.47. The Hall–Kier alpha value is -1.97. The summed E-state index contributed by atoms with van der Waals surface area (Å²) >= 11 is 0. The van der Waals surface area contributed by atoms with Crippen LogP contribution in [0.4, 0.5) is 0 Å². The Morgan fingerprint density at radius 2 is 1.05 bits per heavy atom. The summed E-state index contributed by atoms with van der Waals surface area (Å²) in [4.78, 5) is 35.7. The summed E-state index contributed by atoms with van der Waals surface area (Å²) in [6, 6.07) is 0. The molecule has 4 unspecified atom stereocenters. The van der Waals surface area contributed by atoms with E-state index in [1.807, 2.05) is 37.3 Å². The first-order valence-corrected chi connectivity index (χ1v) is 25.4. The molecule has 362 valence electrons. The third kappa shape index (κ3) is 29.5. The molecule has 0 radical (unpaired) electrons. The number of allylic oxidation sites excluding steroid dienone is 4. The molecule has 0 aromatic carbocycles. The second kappa shape index (κ2) is 37.3. The predicted octanol–water partition coefficient (Wildman–Crippen LogP) is 8.36. The number of esters is 2. The predicted molar refractivity (Wildman–Crippen MR) is 241 cm³/mol. The SMILES string of the molecule is CC/C=C/CC(O)/C=C/C=C/CCCCCCCC(=O)O[C@H](COC(=O)CCCCCCCCCCCCCCCCCCC)COP(=O)(O)OC1[C@H](O)[C@H](O)C(O)[C@H](O)[C@H]1O. The van der Waals surface area contributed by atoms with E-state index >= 15 is 0 Å². The lowest BCUT2D eigenvalue weighted by Gasteiger charge is -2.41. The largest absolute Gasteiger partial charge is 0.472 e. The number of phosphoric acid groups is 1. The highest BCUT2D eigenvalue weighted by molar-refractivity contribution is 7.47. The lowest BCUT2D eigenvalue weighted by molar-refractivity contribution is -0.220. The smallest absolute Gasteiger partial charge is 0.462 e. The molecule has 1 fully saturated rings. The molecule has 0 heterocycles. The van der Waals surface area contributed by atoms with Gasteiger partial charge in [0.1, 0.15) is 43.2 Å². The quantitative estimate of drug-likeness (QED) is 0.0101. The number of aliphatic hydroxyl groups excluding tert-OH is 6. The van der Waals surface area contributed by atoms with Gasteiger partial charge in [0.25, 0.3) is 0 Å². The van der Waals surface area contributed by atoms with Crippen molar-refractivity contribution in [2.45, 2.75) is 236 Å². The van der Waals surface area contributed by atoms with Gasteiger partial charge in [-0.05, 0) is 38.5 Å². The number of hydrogen-bond acceptors (Lipinski definition) is 13. The molecular weight excluding hydrogens is 819 g/mol. The fourth-order valence-electron chi connectivity index (χ4n) is 7.21. The van der Waals surface area contributed by atoms with E-state index in [2.05, 4.69) is 6.92 Å². The molecule has 7 N–H and O–H groups in total. The van der Waals surface area contributed by atoms with Crippen LogP contribution in [0.3, 0.4) is 0 Å². The van der Waals surface area contributed by atoms with E-state index in [0.29, 0.717) is 19.3 Å². The van der Waals surface area contributed by atoms with E-state index in [-0.39, 0.29) is 12.8 Å². The molecule has 62 heavy (non-hydrogen) atoms. The second-order valence-electron chi connectivity index (χ2n) is 16.8. The first-order chi connectivity index (χ1) is 29.8. The molecule has 0 aromatic heterocycles. The molecule has 0 aliphatic heterocycles. The van der Waals surface area contributed by atoms with Crippen molar-refractivity contribution < 1.29 is 68.2 Å². The minimum Gasteiger partial charge on any atom is -0.462 e. The van der Waals surface area contributed by atoms with Crippen molar-refractivity contribution in [1.29, 1.82) is 0 Å². The fourth-order valence-corrected chi connectivity index (χ4v) is 8.18. The Balaban J connectivity index is 2.46. The first kappa shape index (κ1) is 58.0. The van der Waals surface area contributed by atoms with E-state index in [0.717, 1.165) is 57.8 Å². The van der Waals surface area contributed by atoms with Crippen molar-refractivity contribution in [2.75, 3.05) is 13.2 Å². The van der Waals surface area contributed by atoms with Crippen molar-refractivity contribution >= 4 is 19.8 Å². The number of hydrogen-bond donors (Lipinski definition) is 7. The molecule has 1 saturated carbocycles. The van der Waals surface area contributed by atoms with Crippen LogP contribution in [0.15, 0.2) is 36.5 Å². The van der Waals surface area contributed by atoms with Crippen LogP contribution in [0.25, 0.3) is 0 Å².